The van der Waals surface area contributed by atoms with Crippen LogP contribution in [0.4, 0.5) is 0 Å². The van der Waals surface area contributed by atoms with Crippen molar-refractivity contribution in [1.29, 1.82) is 0 Å². The number of esters is 1. The molecule has 0 N–H and O–H groups in total. The lowest BCUT2D eigenvalue weighted by molar-refractivity contribution is -0.275. The molecule has 1 saturated heterocycles. The van der Waals surface area contributed by atoms with Crippen molar-refractivity contribution in [1.82, 2.24) is 4.98 Å². The second-order valence-electron chi connectivity index (χ2n) is 15.6. The van der Waals surface area contributed by atoms with Crippen LogP contribution in [-0.4, -0.2) is 61.5 Å². The molecular weight excluding hydrogens is 815 g/mol. The number of thiazole rings is 1. The molecule has 326 valence electrons. The van der Waals surface area contributed by atoms with E-state index in [9.17, 15) is 4.79 Å². The molecule has 0 radical (unpaired) electrons. The van der Waals surface area contributed by atoms with Gasteiger partial charge in [0.2, 0.25) is 6.29 Å². The van der Waals surface area contributed by atoms with Crippen LogP contribution in [0.2, 0.25) is 0 Å². The summed E-state index contributed by atoms with van der Waals surface area (Å²) in [4.78, 5) is 17.8. The molecule has 5 aromatic carbocycles. The summed E-state index contributed by atoms with van der Waals surface area (Å²) in [6.07, 6.45) is 0.177. The summed E-state index contributed by atoms with van der Waals surface area (Å²) in [6, 6.07) is 49.8. The van der Waals surface area contributed by atoms with Crippen molar-refractivity contribution in [2.24, 2.45) is 5.92 Å². The van der Waals surface area contributed by atoms with Gasteiger partial charge in [-0.05, 0) is 46.2 Å². The fourth-order valence-electron chi connectivity index (χ4n) is 8.00. The second kappa shape index (κ2) is 22.7. The zero-order chi connectivity index (χ0) is 43.1. The first kappa shape index (κ1) is 44.1. The van der Waals surface area contributed by atoms with E-state index in [1.54, 1.807) is 6.20 Å². The Balaban J connectivity index is 1.13. The predicted octanol–water partition coefficient (Wildman–Crippen LogP) is 9.91. The van der Waals surface area contributed by atoms with Crippen molar-refractivity contribution in [3.8, 4) is 0 Å². The third-order valence-electron chi connectivity index (χ3n) is 11.1. The molecule has 0 aliphatic carbocycles. The van der Waals surface area contributed by atoms with Gasteiger partial charge in [0.05, 0.1) is 46.2 Å². The van der Waals surface area contributed by atoms with E-state index in [0.717, 1.165) is 22.3 Å². The molecule has 1 fully saturated rings. The molecule has 8 rings (SSSR count). The Morgan fingerprint density at radius 2 is 1.17 bits per heavy atom. The van der Waals surface area contributed by atoms with Crippen LogP contribution in [0.25, 0.3) is 5.76 Å². The van der Waals surface area contributed by atoms with E-state index in [1.165, 1.54) is 18.4 Å². The molecule has 2 aliphatic rings. The van der Waals surface area contributed by atoms with Crippen LogP contribution in [-0.2, 0) is 69.1 Å². The van der Waals surface area contributed by atoms with Crippen LogP contribution in [0.3, 0.4) is 0 Å². The minimum Gasteiger partial charge on any atom is -0.467 e. The van der Waals surface area contributed by atoms with Crippen LogP contribution in [0.5, 0.6) is 0 Å². The Morgan fingerprint density at radius 1 is 0.667 bits per heavy atom. The number of rotatable bonds is 20. The Morgan fingerprint density at radius 3 is 1.70 bits per heavy atom. The molecule has 8 atom stereocenters. The molecular formula is C52H53NO9S. The van der Waals surface area contributed by atoms with Gasteiger partial charge in [0, 0.05) is 18.0 Å². The normalized spacial score (nSPS) is 22.7. The smallest absolute Gasteiger partial charge is 0.339 e. The largest absolute Gasteiger partial charge is 0.467 e. The SMILES string of the molecule is COC(=O)[C@H](O[C@@H]1C[C@H](C[C@@H]2O[C@H](COCc3ccccc3)[C@@H](OCc3ccccc3)[C@H](OCc3ccccc3)[C@@H]2OCc2ccccc2)C=C(c2nccs2)O1)c1ccccc1. The summed E-state index contributed by atoms with van der Waals surface area (Å²) in [5.41, 5.74) is 4.80. The summed E-state index contributed by atoms with van der Waals surface area (Å²) in [5, 5.41) is 2.61. The van der Waals surface area contributed by atoms with Crippen LogP contribution < -0.4 is 0 Å². The predicted molar refractivity (Wildman–Crippen MR) is 240 cm³/mol. The third kappa shape index (κ3) is 12.4. The molecule has 10 nitrogen and oxygen atoms in total. The van der Waals surface area contributed by atoms with E-state index < -0.39 is 48.9 Å². The van der Waals surface area contributed by atoms with Gasteiger partial charge in [-0.25, -0.2) is 9.78 Å². The van der Waals surface area contributed by atoms with Crippen molar-refractivity contribution < 1.29 is 42.7 Å². The first-order valence-electron chi connectivity index (χ1n) is 21.4. The molecule has 0 saturated carbocycles. The Bertz CT molecular complexity index is 2270. The summed E-state index contributed by atoms with van der Waals surface area (Å²) in [5.74, 6) is -0.105. The summed E-state index contributed by atoms with van der Waals surface area (Å²) in [7, 11) is 1.36. The van der Waals surface area contributed by atoms with Gasteiger partial charge in [0.15, 0.2) is 16.9 Å². The fourth-order valence-corrected chi connectivity index (χ4v) is 8.61. The zero-order valence-electron chi connectivity index (χ0n) is 35.3. The maximum Gasteiger partial charge on any atom is 0.339 e. The highest BCUT2D eigenvalue weighted by Gasteiger charge is 2.49. The lowest BCUT2D eigenvalue weighted by Gasteiger charge is -2.47. The number of aromatic nitrogens is 1. The van der Waals surface area contributed by atoms with Gasteiger partial charge in [-0.1, -0.05) is 152 Å². The first-order valence-corrected chi connectivity index (χ1v) is 22.3. The van der Waals surface area contributed by atoms with Crippen molar-refractivity contribution in [3.63, 3.8) is 0 Å². The van der Waals surface area contributed by atoms with Gasteiger partial charge in [0.1, 0.15) is 24.4 Å². The van der Waals surface area contributed by atoms with Gasteiger partial charge in [-0.2, -0.15) is 0 Å². The fraction of sp³-hybridized carbons (Fsp3) is 0.308. The molecule has 0 spiro atoms. The van der Waals surface area contributed by atoms with Gasteiger partial charge in [0.25, 0.3) is 0 Å². The molecule has 0 unspecified atom stereocenters. The highest BCUT2D eigenvalue weighted by molar-refractivity contribution is 7.10. The summed E-state index contributed by atoms with van der Waals surface area (Å²) < 4.78 is 52.8. The Kier molecular flexibility index (Phi) is 15.9. The van der Waals surface area contributed by atoms with Crippen molar-refractivity contribution in [2.45, 2.75) is 82.2 Å². The average Bonchev–Trinajstić information content (AvgIpc) is 3.89. The molecule has 0 bridgehead atoms. The van der Waals surface area contributed by atoms with Crippen molar-refractivity contribution in [2.75, 3.05) is 13.7 Å². The highest BCUT2D eigenvalue weighted by Crippen LogP contribution is 2.39. The number of hydrogen-bond donors (Lipinski definition) is 0. The molecule has 1 aromatic heterocycles. The van der Waals surface area contributed by atoms with Crippen molar-refractivity contribution in [3.05, 3.63) is 202 Å². The monoisotopic (exact) mass is 867 g/mol. The zero-order valence-corrected chi connectivity index (χ0v) is 36.1. The van der Waals surface area contributed by atoms with Crippen LogP contribution in [0.1, 0.15) is 51.8 Å². The van der Waals surface area contributed by atoms with Crippen LogP contribution >= 0.6 is 11.3 Å². The number of carbonyl (C=O) groups excluding carboxylic acids is 1. The van der Waals surface area contributed by atoms with Gasteiger partial charge < -0.3 is 37.9 Å². The maximum absolute atomic E-state index is 13.2. The van der Waals surface area contributed by atoms with Gasteiger partial charge >= 0.3 is 5.97 Å². The van der Waals surface area contributed by atoms with Gasteiger partial charge in [-0.3, -0.25) is 0 Å². The second-order valence-corrected chi connectivity index (χ2v) is 16.5. The van der Waals surface area contributed by atoms with E-state index in [-0.39, 0.29) is 12.5 Å². The Hall–Kier alpha value is -5.50. The lowest BCUT2D eigenvalue weighted by Crippen LogP contribution is -2.61. The van der Waals surface area contributed by atoms with E-state index in [0.29, 0.717) is 55.6 Å². The average molecular weight is 868 g/mol. The Labute approximate surface area is 373 Å². The van der Waals surface area contributed by atoms with E-state index in [2.05, 4.69) is 47.5 Å². The summed E-state index contributed by atoms with van der Waals surface area (Å²) >= 11 is 1.47. The molecule has 0 amide bonds. The van der Waals surface area contributed by atoms with Gasteiger partial charge in [-0.15, -0.1) is 11.3 Å². The molecule has 11 heteroatoms. The topological polar surface area (TPSA) is 104 Å². The minimum absolute atomic E-state index is 0.160. The van der Waals surface area contributed by atoms with Crippen LogP contribution in [0.15, 0.2) is 169 Å². The number of allylic oxidation sites excluding steroid dienone is 1. The molecule has 3 heterocycles. The number of hydrogen-bond acceptors (Lipinski definition) is 11. The number of benzene rings is 5. The molecule has 2 aliphatic heterocycles. The van der Waals surface area contributed by atoms with E-state index in [4.69, 9.17) is 37.9 Å². The summed E-state index contributed by atoms with van der Waals surface area (Å²) in [6.45, 7) is 1.66. The first-order chi connectivity index (χ1) is 31.1. The maximum atomic E-state index is 13.2. The number of methoxy groups -OCH3 is 1. The number of nitrogens with zero attached hydrogens (tertiary/aromatic N) is 1. The quantitative estimate of drug-likeness (QED) is 0.0689. The highest BCUT2D eigenvalue weighted by atomic mass is 32.1. The lowest BCUT2D eigenvalue weighted by atomic mass is 9.86. The van der Waals surface area contributed by atoms with Crippen LogP contribution in [0, 0.1) is 5.92 Å². The third-order valence-corrected chi connectivity index (χ3v) is 11.9. The standard InChI is InChI=1S/C52H53NO9S/c1-55-52(54)47(42-25-15-6-16-26-42)62-46-31-41(30-44(61-46)51-53-27-28-63-51)29-43-48(57-33-38-19-9-3-10-20-38)50(59-35-40-23-13-5-14-24-40)49(58-34-39-21-11-4-12-22-39)45(60-43)36-56-32-37-17-7-2-8-18-37/h2-28,30,41,43,45-50H,29,31-36H2,1H3/t41-,43+,45-,46-,47-,48-,49-,50-/m1/s1. The number of carbonyl (C=O) groups is 1. The van der Waals surface area contributed by atoms with Crippen molar-refractivity contribution >= 4 is 23.1 Å². The molecule has 6 aromatic rings. The minimum atomic E-state index is -1.00. The number of ether oxygens (including phenoxy) is 8. The van der Waals surface area contributed by atoms with E-state index in [1.807, 2.05) is 121 Å². The van der Waals surface area contributed by atoms with E-state index >= 15 is 0 Å². The molecule has 63 heavy (non-hydrogen) atoms.